The second kappa shape index (κ2) is 5.26. The zero-order chi connectivity index (χ0) is 11.4. The Morgan fingerprint density at radius 2 is 2.00 bits per heavy atom. The van der Waals surface area contributed by atoms with Gasteiger partial charge in [-0.1, -0.05) is 24.3 Å². The highest BCUT2D eigenvalue weighted by atomic mass is 32.1. The zero-order valence-corrected chi connectivity index (χ0v) is 10.3. The molecule has 1 aliphatic heterocycles. The van der Waals surface area contributed by atoms with E-state index in [0.717, 1.165) is 29.9 Å². The first kappa shape index (κ1) is 11.3. The largest absolute Gasteiger partial charge is 0.465 e. The second-order valence-corrected chi connectivity index (χ2v) is 4.31. The highest BCUT2D eigenvalue weighted by molar-refractivity contribution is 7.79. The Labute approximate surface area is 102 Å². The van der Waals surface area contributed by atoms with Gasteiger partial charge in [0, 0.05) is 11.3 Å². The summed E-state index contributed by atoms with van der Waals surface area (Å²) in [6.07, 6.45) is 5.99. The summed E-state index contributed by atoms with van der Waals surface area (Å²) in [6.45, 7) is 2.13. The molecule has 1 nitrogen and oxygen atoms in total. The third-order valence-electron chi connectivity index (χ3n) is 2.75. The summed E-state index contributed by atoms with van der Waals surface area (Å²) in [5.41, 5.74) is 3.69. The number of ether oxygens (including phenoxy) is 1. The molecule has 16 heavy (non-hydrogen) atoms. The molecule has 0 amide bonds. The smallest absolute Gasteiger partial charge is 0.132 e. The first-order valence-electron chi connectivity index (χ1n) is 5.53. The highest BCUT2D eigenvalue weighted by Gasteiger charge is 2.08. The summed E-state index contributed by atoms with van der Waals surface area (Å²) in [4.78, 5) is 0. The molecule has 0 radical (unpaired) electrons. The second-order valence-electron chi connectivity index (χ2n) is 3.99. The lowest BCUT2D eigenvalue weighted by molar-refractivity contribution is 0.434. The van der Waals surface area contributed by atoms with Crippen molar-refractivity contribution < 1.29 is 4.74 Å². The molecule has 2 heteroatoms. The van der Waals surface area contributed by atoms with Crippen molar-refractivity contribution in [3.63, 3.8) is 0 Å². The first-order chi connectivity index (χ1) is 7.81. The maximum absolute atomic E-state index is 5.65. The molecule has 1 aliphatic rings. The van der Waals surface area contributed by atoms with E-state index < -0.39 is 0 Å². The molecular formula is C14H16OS. The Bertz CT molecular complexity index is 415. The lowest BCUT2D eigenvalue weighted by Crippen LogP contribution is -1.90. The molecule has 84 valence electrons. The molecule has 0 unspecified atom stereocenters. The van der Waals surface area contributed by atoms with E-state index in [0.29, 0.717) is 0 Å². The van der Waals surface area contributed by atoms with Crippen LogP contribution in [0.4, 0.5) is 0 Å². The lowest BCUT2D eigenvalue weighted by atomic mass is 10.0. The minimum atomic E-state index is 0.777. The molecule has 0 bridgehead atoms. The Kier molecular flexibility index (Phi) is 3.73. The van der Waals surface area contributed by atoms with E-state index in [2.05, 4.69) is 49.9 Å². The van der Waals surface area contributed by atoms with Gasteiger partial charge in [0.2, 0.25) is 0 Å². The van der Waals surface area contributed by atoms with Crippen LogP contribution >= 0.6 is 12.6 Å². The van der Waals surface area contributed by atoms with Gasteiger partial charge < -0.3 is 4.74 Å². The SMILES string of the molecule is CC1=C(c2ccc(CS)cc2)OC=CCC1. The van der Waals surface area contributed by atoms with E-state index in [1.165, 1.54) is 11.1 Å². The molecule has 1 heterocycles. The molecule has 0 saturated heterocycles. The molecule has 0 aromatic heterocycles. The normalized spacial score (nSPS) is 15.9. The molecule has 1 aromatic rings. The quantitative estimate of drug-likeness (QED) is 0.753. The topological polar surface area (TPSA) is 9.23 Å². The fourth-order valence-corrected chi connectivity index (χ4v) is 1.98. The van der Waals surface area contributed by atoms with Crippen molar-refractivity contribution in [2.45, 2.75) is 25.5 Å². The van der Waals surface area contributed by atoms with Crippen LogP contribution in [0.1, 0.15) is 30.9 Å². The molecule has 0 N–H and O–H groups in total. The molecule has 2 rings (SSSR count). The van der Waals surface area contributed by atoms with E-state index >= 15 is 0 Å². The number of allylic oxidation sites excluding steroid dienone is 2. The van der Waals surface area contributed by atoms with Gasteiger partial charge in [-0.05, 0) is 37.0 Å². The van der Waals surface area contributed by atoms with Gasteiger partial charge in [-0.15, -0.1) is 0 Å². The van der Waals surface area contributed by atoms with E-state index in [1.807, 2.05) is 0 Å². The Morgan fingerprint density at radius 1 is 1.25 bits per heavy atom. The van der Waals surface area contributed by atoms with E-state index in [1.54, 1.807) is 6.26 Å². The summed E-state index contributed by atoms with van der Waals surface area (Å²) >= 11 is 4.25. The average molecular weight is 232 g/mol. The fourth-order valence-electron chi connectivity index (χ4n) is 1.77. The molecule has 0 atom stereocenters. The number of benzene rings is 1. The third-order valence-corrected chi connectivity index (χ3v) is 3.12. The van der Waals surface area contributed by atoms with Crippen molar-refractivity contribution in [2.24, 2.45) is 0 Å². The third kappa shape index (κ3) is 2.50. The van der Waals surface area contributed by atoms with Crippen LogP contribution in [0.2, 0.25) is 0 Å². The highest BCUT2D eigenvalue weighted by Crippen LogP contribution is 2.26. The van der Waals surface area contributed by atoms with E-state index in [-0.39, 0.29) is 0 Å². The van der Waals surface area contributed by atoms with Crippen molar-refractivity contribution in [3.8, 4) is 0 Å². The van der Waals surface area contributed by atoms with E-state index in [9.17, 15) is 0 Å². The minimum absolute atomic E-state index is 0.777. The van der Waals surface area contributed by atoms with Crippen LogP contribution in [-0.2, 0) is 10.5 Å². The predicted octanol–water partition coefficient (Wildman–Crippen LogP) is 4.17. The summed E-state index contributed by atoms with van der Waals surface area (Å²) in [6, 6.07) is 8.40. The van der Waals surface area contributed by atoms with Crippen LogP contribution in [0.15, 0.2) is 42.2 Å². The zero-order valence-electron chi connectivity index (χ0n) is 9.44. The summed E-state index contributed by atoms with van der Waals surface area (Å²) in [5.74, 6) is 1.78. The molecule has 0 fully saturated rings. The number of hydrogen-bond donors (Lipinski definition) is 1. The maximum Gasteiger partial charge on any atom is 0.132 e. The van der Waals surface area contributed by atoms with Gasteiger partial charge in [0.05, 0.1) is 6.26 Å². The molecule has 0 saturated carbocycles. The number of thiol groups is 1. The van der Waals surface area contributed by atoms with Crippen molar-refractivity contribution in [3.05, 3.63) is 53.3 Å². The van der Waals surface area contributed by atoms with Crippen molar-refractivity contribution >= 4 is 18.4 Å². The predicted molar refractivity (Wildman–Crippen MR) is 71.2 cm³/mol. The van der Waals surface area contributed by atoms with E-state index in [4.69, 9.17) is 4.74 Å². The number of rotatable bonds is 2. The van der Waals surface area contributed by atoms with Crippen LogP contribution in [0.5, 0.6) is 0 Å². The van der Waals surface area contributed by atoms with Gasteiger partial charge in [-0.25, -0.2) is 0 Å². The molecule has 0 aliphatic carbocycles. The first-order valence-corrected chi connectivity index (χ1v) is 6.16. The maximum atomic E-state index is 5.65. The standard InChI is InChI=1S/C14H16OS/c1-11-4-2-3-9-15-14(11)13-7-5-12(10-16)6-8-13/h3,5-9,16H,2,4,10H2,1H3. The summed E-state index contributed by atoms with van der Waals surface area (Å²) in [7, 11) is 0. The fraction of sp³-hybridized carbons (Fsp3) is 0.286. The van der Waals surface area contributed by atoms with Crippen LogP contribution in [0.3, 0.4) is 0 Å². The Balaban J connectivity index is 2.31. The van der Waals surface area contributed by atoms with Gasteiger partial charge in [-0.3, -0.25) is 0 Å². The van der Waals surface area contributed by atoms with Gasteiger partial charge in [0.15, 0.2) is 0 Å². The molecular weight excluding hydrogens is 216 g/mol. The van der Waals surface area contributed by atoms with Gasteiger partial charge >= 0.3 is 0 Å². The molecule has 1 aromatic carbocycles. The average Bonchev–Trinajstić information content (AvgIpc) is 2.54. The minimum Gasteiger partial charge on any atom is -0.465 e. The number of hydrogen-bond acceptors (Lipinski definition) is 2. The Hall–Kier alpha value is -1.15. The van der Waals surface area contributed by atoms with Gasteiger partial charge in [-0.2, -0.15) is 12.6 Å². The summed E-state index contributed by atoms with van der Waals surface area (Å²) < 4.78 is 5.65. The Morgan fingerprint density at radius 3 is 2.69 bits per heavy atom. The van der Waals surface area contributed by atoms with Crippen LogP contribution in [0.25, 0.3) is 5.76 Å². The van der Waals surface area contributed by atoms with Crippen LogP contribution < -0.4 is 0 Å². The van der Waals surface area contributed by atoms with Crippen molar-refractivity contribution in [1.82, 2.24) is 0 Å². The monoisotopic (exact) mass is 232 g/mol. The molecule has 0 spiro atoms. The van der Waals surface area contributed by atoms with Gasteiger partial charge in [0.25, 0.3) is 0 Å². The van der Waals surface area contributed by atoms with Crippen molar-refractivity contribution in [2.75, 3.05) is 0 Å². The summed E-state index contributed by atoms with van der Waals surface area (Å²) in [5, 5.41) is 0. The van der Waals surface area contributed by atoms with Crippen LogP contribution in [-0.4, -0.2) is 0 Å². The van der Waals surface area contributed by atoms with Crippen LogP contribution in [0, 0.1) is 0 Å². The van der Waals surface area contributed by atoms with Crippen molar-refractivity contribution in [1.29, 1.82) is 0 Å². The van der Waals surface area contributed by atoms with Gasteiger partial charge in [0.1, 0.15) is 5.76 Å². The lowest BCUT2D eigenvalue weighted by Gasteiger charge is -2.09.